The minimum Gasteiger partial charge on any atom is -0.393 e. The highest BCUT2D eigenvalue weighted by molar-refractivity contribution is 5.87. The number of halogens is 1. The summed E-state index contributed by atoms with van der Waals surface area (Å²) in [5, 5.41) is 19.6. The molecule has 0 atom stereocenters. The van der Waals surface area contributed by atoms with E-state index in [2.05, 4.69) is 0 Å². The second-order valence-corrected chi connectivity index (χ2v) is 7.66. The maximum Gasteiger partial charge on any atom is 0.350 e. The zero-order valence-electron chi connectivity index (χ0n) is 15.1. The van der Waals surface area contributed by atoms with Gasteiger partial charge in [0.05, 0.1) is 28.8 Å². The van der Waals surface area contributed by atoms with Crippen molar-refractivity contribution in [3.8, 4) is 0 Å². The van der Waals surface area contributed by atoms with Gasteiger partial charge in [-0.15, -0.1) is 0 Å². The zero-order chi connectivity index (χ0) is 19.5. The number of nitrogen functional groups attached to an aromatic ring is 1. The first-order valence-corrected chi connectivity index (χ1v) is 9.11. The number of anilines is 1. The van der Waals surface area contributed by atoms with E-state index in [4.69, 9.17) is 5.84 Å². The van der Waals surface area contributed by atoms with Crippen molar-refractivity contribution < 1.29 is 14.6 Å². The van der Waals surface area contributed by atoms with E-state index in [1.807, 2.05) is 0 Å². The summed E-state index contributed by atoms with van der Waals surface area (Å²) in [5.41, 5.74) is -1.20. The Morgan fingerprint density at radius 3 is 2.48 bits per heavy atom. The maximum atomic E-state index is 15.0. The Labute approximate surface area is 154 Å². The van der Waals surface area contributed by atoms with Crippen LogP contribution in [0.2, 0.25) is 0 Å². The predicted molar refractivity (Wildman–Crippen MR) is 99.1 cm³/mol. The van der Waals surface area contributed by atoms with Crippen molar-refractivity contribution in [2.24, 2.45) is 0 Å². The quantitative estimate of drug-likeness (QED) is 0.647. The molecule has 0 radical (unpaired) electrons. The lowest BCUT2D eigenvalue weighted by Gasteiger charge is -2.39. The van der Waals surface area contributed by atoms with E-state index in [0.717, 1.165) is 18.9 Å². The van der Waals surface area contributed by atoms with Crippen LogP contribution in [0.4, 0.5) is 10.1 Å². The van der Waals surface area contributed by atoms with Crippen LogP contribution in [-0.4, -0.2) is 44.8 Å². The summed E-state index contributed by atoms with van der Waals surface area (Å²) in [6, 6.07) is 1.11. The molecule has 4 rings (SSSR count). The van der Waals surface area contributed by atoms with Crippen LogP contribution >= 0.6 is 0 Å². The van der Waals surface area contributed by atoms with Gasteiger partial charge in [-0.2, -0.15) is 4.68 Å². The van der Waals surface area contributed by atoms with Gasteiger partial charge in [-0.1, -0.05) is 0 Å². The summed E-state index contributed by atoms with van der Waals surface area (Å²) in [6.45, 7) is 2.09. The molecule has 9 heteroatoms. The highest BCUT2D eigenvalue weighted by atomic mass is 19.1. The number of aliphatic hydroxyl groups is 2. The van der Waals surface area contributed by atoms with E-state index in [-0.39, 0.29) is 18.0 Å². The molecule has 0 unspecified atom stereocenters. The van der Waals surface area contributed by atoms with Crippen LogP contribution < -0.4 is 22.0 Å². The molecule has 1 aliphatic carbocycles. The second-order valence-electron chi connectivity index (χ2n) is 7.66. The van der Waals surface area contributed by atoms with E-state index < -0.39 is 22.7 Å². The first kappa shape index (κ1) is 18.0. The van der Waals surface area contributed by atoms with Gasteiger partial charge in [-0.3, -0.25) is 9.36 Å². The molecule has 1 aliphatic heterocycles. The van der Waals surface area contributed by atoms with E-state index in [0.29, 0.717) is 47.4 Å². The number of fused-ring (bicyclic) bond motifs is 1. The van der Waals surface area contributed by atoms with Crippen LogP contribution in [0.5, 0.6) is 0 Å². The smallest absolute Gasteiger partial charge is 0.350 e. The summed E-state index contributed by atoms with van der Waals surface area (Å²) in [6.07, 6.45) is 2.24. The fraction of sp³-hybridized carbons (Fsp3) is 0.556. The molecule has 4 N–H and O–H groups in total. The number of benzene rings is 1. The third-order valence-electron chi connectivity index (χ3n) is 5.78. The van der Waals surface area contributed by atoms with Crippen molar-refractivity contribution in [1.82, 2.24) is 9.24 Å². The molecule has 0 spiro atoms. The molecule has 2 fully saturated rings. The first-order valence-electron chi connectivity index (χ1n) is 9.11. The van der Waals surface area contributed by atoms with Gasteiger partial charge in [0.25, 0.3) is 5.56 Å². The first-order chi connectivity index (χ1) is 12.8. The molecule has 0 bridgehead atoms. The van der Waals surface area contributed by atoms with E-state index in [9.17, 15) is 24.2 Å². The standard InChI is InChI=1S/C18H23FN4O4/c1-10-14-12(16(25)23(20)17(26)22(14)11-2-3-11)8-13(19)15(10)21-6-4-18(27,9-24)5-7-21/h8,11,24,27H,2-7,9,20H2,1H3. The number of aromatic nitrogens is 2. The summed E-state index contributed by atoms with van der Waals surface area (Å²) >= 11 is 0. The predicted octanol–water partition coefficient (Wildman–Crippen LogP) is -0.0170. The maximum absolute atomic E-state index is 15.0. The molecule has 0 amide bonds. The van der Waals surface area contributed by atoms with E-state index in [1.54, 1.807) is 11.8 Å². The largest absolute Gasteiger partial charge is 0.393 e. The Hall–Kier alpha value is -2.39. The van der Waals surface area contributed by atoms with Gasteiger partial charge >= 0.3 is 5.69 Å². The average molecular weight is 378 g/mol. The molecule has 2 aromatic rings. The zero-order valence-corrected chi connectivity index (χ0v) is 15.1. The molecule has 146 valence electrons. The topological polar surface area (TPSA) is 114 Å². The lowest BCUT2D eigenvalue weighted by atomic mass is 9.91. The van der Waals surface area contributed by atoms with Crippen molar-refractivity contribution in [3.63, 3.8) is 0 Å². The third-order valence-corrected chi connectivity index (χ3v) is 5.78. The van der Waals surface area contributed by atoms with Gasteiger partial charge in [0.15, 0.2) is 0 Å². The molecule has 1 aromatic heterocycles. The van der Waals surface area contributed by atoms with Crippen molar-refractivity contribution in [2.75, 3.05) is 30.4 Å². The number of aryl methyl sites for hydroxylation is 1. The Morgan fingerprint density at radius 1 is 1.30 bits per heavy atom. The molecule has 1 saturated carbocycles. The van der Waals surface area contributed by atoms with Crippen molar-refractivity contribution in [2.45, 2.75) is 44.2 Å². The monoisotopic (exact) mass is 378 g/mol. The van der Waals surface area contributed by atoms with Crippen molar-refractivity contribution in [1.29, 1.82) is 0 Å². The van der Waals surface area contributed by atoms with Crippen LogP contribution in [-0.2, 0) is 0 Å². The van der Waals surface area contributed by atoms with Gasteiger partial charge in [-0.25, -0.2) is 9.18 Å². The molecule has 2 heterocycles. The van der Waals surface area contributed by atoms with Crippen molar-refractivity contribution >= 4 is 16.6 Å². The lowest BCUT2D eigenvalue weighted by molar-refractivity contribution is -0.0326. The molecule has 1 saturated heterocycles. The van der Waals surface area contributed by atoms with Gasteiger partial charge in [-0.05, 0) is 38.7 Å². The molecular weight excluding hydrogens is 355 g/mol. The molecule has 8 nitrogen and oxygen atoms in total. The molecule has 1 aromatic carbocycles. The van der Waals surface area contributed by atoms with Gasteiger partial charge in [0.2, 0.25) is 0 Å². The highest BCUT2D eigenvalue weighted by Crippen LogP contribution is 2.39. The van der Waals surface area contributed by atoms with Crippen LogP contribution in [0.3, 0.4) is 0 Å². The Bertz CT molecular complexity index is 1030. The van der Waals surface area contributed by atoms with Gasteiger partial charge in [0.1, 0.15) is 5.82 Å². The van der Waals surface area contributed by atoms with Crippen molar-refractivity contribution in [3.05, 3.63) is 38.3 Å². The summed E-state index contributed by atoms with van der Waals surface area (Å²) in [4.78, 5) is 26.8. The number of nitrogens with zero attached hydrogens (tertiary/aromatic N) is 3. The fourth-order valence-corrected chi connectivity index (χ4v) is 4.02. The fourth-order valence-electron chi connectivity index (χ4n) is 4.02. The van der Waals surface area contributed by atoms with Crippen LogP contribution in [0, 0.1) is 12.7 Å². The minimum atomic E-state index is -1.15. The number of nitrogens with two attached hydrogens (primary N) is 1. The van der Waals surface area contributed by atoms with Gasteiger partial charge < -0.3 is 21.0 Å². The molecule has 2 aliphatic rings. The third kappa shape index (κ3) is 2.72. The Kier molecular flexibility index (Phi) is 4.04. The molecule has 27 heavy (non-hydrogen) atoms. The number of hydrogen-bond acceptors (Lipinski definition) is 6. The van der Waals surface area contributed by atoms with E-state index in [1.165, 1.54) is 4.57 Å². The molecular formula is C18H23FN4O4. The van der Waals surface area contributed by atoms with Crippen LogP contribution in [0.25, 0.3) is 10.9 Å². The summed E-state index contributed by atoms with van der Waals surface area (Å²) < 4.78 is 17.0. The second kappa shape index (κ2) is 6.07. The Balaban J connectivity index is 1.91. The lowest BCUT2D eigenvalue weighted by Crippen LogP contribution is -2.47. The summed E-state index contributed by atoms with van der Waals surface area (Å²) in [5.74, 6) is 5.06. The van der Waals surface area contributed by atoms with Gasteiger partial charge in [0, 0.05) is 24.7 Å². The van der Waals surface area contributed by atoms with Crippen LogP contribution in [0.1, 0.15) is 37.3 Å². The number of piperidine rings is 1. The number of rotatable bonds is 3. The average Bonchev–Trinajstić information content (AvgIpc) is 3.48. The SMILES string of the molecule is Cc1c(N2CCC(O)(CO)CC2)c(F)cc2c(=O)n(N)c(=O)n(C3CC3)c12. The minimum absolute atomic E-state index is 0.0340. The van der Waals surface area contributed by atoms with E-state index >= 15 is 0 Å². The normalized spacial score (nSPS) is 19.6. The number of aliphatic hydroxyl groups excluding tert-OH is 1. The summed E-state index contributed by atoms with van der Waals surface area (Å²) in [7, 11) is 0. The van der Waals surface area contributed by atoms with Crippen LogP contribution in [0.15, 0.2) is 15.7 Å². The Morgan fingerprint density at radius 2 is 1.93 bits per heavy atom. The highest BCUT2D eigenvalue weighted by Gasteiger charge is 2.34. The number of hydrogen-bond donors (Lipinski definition) is 3.